The standard InChI is InChI=1S/C16H22FN/c1-18-16(10-11-3-2-4-14(17)8-11)15-9-12-5-6-13(15)7-12/h2-4,8,12-13,15-16,18H,5-7,9-10H2,1H3. The van der Waals surface area contributed by atoms with E-state index in [-0.39, 0.29) is 5.82 Å². The van der Waals surface area contributed by atoms with Crippen molar-refractivity contribution < 1.29 is 4.39 Å². The first-order valence-electron chi connectivity index (χ1n) is 7.18. The Balaban J connectivity index is 1.69. The topological polar surface area (TPSA) is 12.0 Å². The lowest BCUT2D eigenvalue weighted by Gasteiger charge is -2.30. The van der Waals surface area contributed by atoms with E-state index in [1.807, 2.05) is 12.1 Å². The summed E-state index contributed by atoms with van der Waals surface area (Å²) in [5.74, 6) is 2.58. The number of benzene rings is 1. The van der Waals surface area contributed by atoms with E-state index in [2.05, 4.69) is 12.4 Å². The van der Waals surface area contributed by atoms with Gasteiger partial charge in [0.05, 0.1) is 0 Å². The number of likely N-dealkylation sites (N-methyl/N-ethyl adjacent to an activating group) is 1. The Labute approximate surface area is 109 Å². The van der Waals surface area contributed by atoms with Gasteiger partial charge >= 0.3 is 0 Å². The van der Waals surface area contributed by atoms with Crippen LogP contribution in [0.4, 0.5) is 4.39 Å². The Morgan fingerprint density at radius 3 is 2.83 bits per heavy atom. The number of hydrogen-bond acceptors (Lipinski definition) is 1. The smallest absolute Gasteiger partial charge is 0.123 e. The second-order valence-corrected chi connectivity index (χ2v) is 6.07. The summed E-state index contributed by atoms with van der Waals surface area (Å²) >= 11 is 0. The lowest BCUT2D eigenvalue weighted by atomic mass is 9.81. The summed E-state index contributed by atoms with van der Waals surface area (Å²) in [7, 11) is 2.05. The quantitative estimate of drug-likeness (QED) is 0.860. The molecular weight excluding hydrogens is 225 g/mol. The Morgan fingerprint density at radius 1 is 1.33 bits per heavy atom. The lowest BCUT2D eigenvalue weighted by molar-refractivity contribution is 0.255. The number of hydrogen-bond donors (Lipinski definition) is 1. The zero-order valence-corrected chi connectivity index (χ0v) is 11.0. The van der Waals surface area contributed by atoms with E-state index < -0.39 is 0 Å². The molecule has 2 fully saturated rings. The first kappa shape index (κ1) is 12.2. The van der Waals surface area contributed by atoms with Crippen molar-refractivity contribution in [1.82, 2.24) is 5.32 Å². The molecule has 98 valence electrons. The van der Waals surface area contributed by atoms with Gasteiger partial charge in [-0.2, -0.15) is 0 Å². The second-order valence-electron chi connectivity index (χ2n) is 6.07. The number of halogens is 1. The molecule has 3 rings (SSSR count). The highest BCUT2D eigenvalue weighted by molar-refractivity contribution is 5.18. The third kappa shape index (κ3) is 2.31. The van der Waals surface area contributed by atoms with Crippen LogP contribution in [-0.4, -0.2) is 13.1 Å². The Kier molecular flexibility index (Phi) is 3.38. The molecule has 0 amide bonds. The van der Waals surface area contributed by atoms with Gasteiger partial charge < -0.3 is 5.32 Å². The summed E-state index contributed by atoms with van der Waals surface area (Å²) in [6.45, 7) is 0. The zero-order chi connectivity index (χ0) is 12.5. The van der Waals surface area contributed by atoms with E-state index in [0.717, 1.165) is 29.7 Å². The van der Waals surface area contributed by atoms with Crippen molar-refractivity contribution >= 4 is 0 Å². The Morgan fingerprint density at radius 2 is 2.22 bits per heavy atom. The van der Waals surface area contributed by atoms with Gasteiger partial charge in [-0.05, 0) is 68.2 Å². The molecule has 0 spiro atoms. The molecule has 0 radical (unpaired) electrons. The molecule has 0 saturated heterocycles. The van der Waals surface area contributed by atoms with Crippen molar-refractivity contribution in [3.05, 3.63) is 35.6 Å². The maximum atomic E-state index is 13.2. The van der Waals surface area contributed by atoms with E-state index in [4.69, 9.17) is 0 Å². The fourth-order valence-corrected chi connectivity index (χ4v) is 4.17. The molecule has 1 N–H and O–H groups in total. The van der Waals surface area contributed by atoms with E-state index >= 15 is 0 Å². The van der Waals surface area contributed by atoms with Crippen LogP contribution in [0.5, 0.6) is 0 Å². The molecule has 0 aromatic heterocycles. The molecule has 1 aromatic carbocycles. The molecular formula is C16H22FN. The minimum absolute atomic E-state index is 0.115. The van der Waals surface area contributed by atoms with E-state index in [9.17, 15) is 4.39 Å². The van der Waals surface area contributed by atoms with Crippen LogP contribution >= 0.6 is 0 Å². The summed E-state index contributed by atoms with van der Waals surface area (Å²) in [6.07, 6.45) is 6.63. The van der Waals surface area contributed by atoms with E-state index in [0.29, 0.717) is 6.04 Å². The minimum atomic E-state index is -0.115. The van der Waals surface area contributed by atoms with Crippen molar-refractivity contribution in [2.45, 2.75) is 38.1 Å². The van der Waals surface area contributed by atoms with Gasteiger partial charge in [-0.1, -0.05) is 18.6 Å². The predicted octanol–water partition coefficient (Wildman–Crippen LogP) is 3.39. The van der Waals surface area contributed by atoms with Gasteiger partial charge in [0.15, 0.2) is 0 Å². The van der Waals surface area contributed by atoms with Crippen molar-refractivity contribution in [3.63, 3.8) is 0 Å². The average molecular weight is 247 g/mol. The molecule has 1 aromatic rings. The molecule has 4 unspecified atom stereocenters. The minimum Gasteiger partial charge on any atom is -0.316 e. The monoisotopic (exact) mass is 247 g/mol. The summed E-state index contributed by atoms with van der Waals surface area (Å²) < 4.78 is 13.2. The molecule has 4 atom stereocenters. The molecule has 2 saturated carbocycles. The van der Waals surface area contributed by atoms with Gasteiger partial charge in [0, 0.05) is 6.04 Å². The largest absolute Gasteiger partial charge is 0.316 e. The van der Waals surface area contributed by atoms with E-state index in [1.54, 1.807) is 6.07 Å². The van der Waals surface area contributed by atoms with Crippen LogP contribution in [0.2, 0.25) is 0 Å². The van der Waals surface area contributed by atoms with Gasteiger partial charge in [-0.15, -0.1) is 0 Å². The third-order valence-corrected chi connectivity index (χ3v) is 5.03. The number of fused-ring (bicyclic) bond motifs is 2. The van der Waals surface area contributed by atoms with Crippen molar-refractivity contribution in [2.75, 3.05) is 7.05 Å². The Hall–Kier alpha value is -0.890. The summed E-state index contributed by atoms with van der Waals surface area (Å²) in [5.41, 5.74) is 1.12. The second kappa shape index (κ2) is 5.00. The molecule has 18 heavy (non-hydrogen) atoms. The van der Waals surface area contributed by atoms with Crippen molar-refractivity contribution in [3.8, 4) is 0 Å². The molecule has 2 bridgehead atoms. The maximum absolute atomic E-state index is 13.2. The zero-order valence-electron chi connectivity index (χ0n) is 11.0. The van der Waals surface area contributed by atoms with Crippen LogP contribution < -0.4 is 5.32 Å². The average Bonchev–Trinajstić information content (AvgIpc) is 2.98. The molecule has 0 aliphatic heterocycles. The van der Waals surface area contributed by atoms with Crippen LogP contribution in [0.1, 0.15) is 31.2 Å². The van der Waals surface area contributed by atoms with Crippen LogP contribution in [0.15, 0.2) is 24.3 Å². The highest BCUT2D eigenvalue weighted by atomic mass is 19.1. The van der Waals surface area contributed by atoms with Crippen LogP contribution in [0.3, 0.4) is 0 Å². The van der Waals surface area contributed by atoms with Crippen LogP contribution in [-0.2, 0) is 6.42 Å². The summed E-state index contributed by atoms with van der Waals surface area (Å²) in [4.78, 5) is 0. The van der Waals surface area contributed by atoms with Crippen LogP contribution in [0, 0.1) is 23.6 Å². The van der Waals surface area contributed by atoms with Crippen LogP contribution in [0.25, 0.3) is 0 Å². The van der Waals surface area contributed by atoms with Crippen molar-refractivity contribution in [1.29, 1.82) is 0 Å². The van der Waals surface area contributed by atoms with Gasteiger partial charge in [0.2, 0.25) is 0 Å². The van der Waals surface area contributed by atoms with Gasteiger partial charge in [-0.3, -0.25) is 0 Å². The first-order valence-corrected chi connectivity index (χ1v) is 7.18. The Bertz CT molecular complexity index is 417. The highest BCUT2D eigenvalue weighted by Crippen LogP contribution is 2.49. The molecule has 2 aliphatic rings. The molecule has 2 heteroatoms. The normalized spacial score (nSPS) is 31.8. The lowest BCUT2D eigenvalue weighted by Crippen LogP contribution is -2.38. The van der Waals surface area contributed by atoms with Crippen molar-refractivity contribution in [2.24, 2.45) is 17.8 Å². The van der Waals surface area contributed by atoms with E-state index in [1.165, 1.54) is 31.7 Å². The van der Waals surface area contributed by atoms with Gasteiger partial charge in [0.25, 0.3) is 0 Å². The highest BCUT2D eigenvalue weighted by Gasteiger charge is 2.42. The molecule has 2 aliphatic carbocycles. The number of rotatable bonds is 4. The maximum Gasteiger partial charge on any atom is 0.123 e. The first-order chi connectivity index (χ1) is 8.76. The fraction of sp³-hybridized carbons (Fsp3) is 0.625. The summed E-state index contributed by atoms with van der Waals surface area (Å²) in [6, 6.07) is 7.58. The summed E-state index contributed by atoms with van der Waals surface area (Å²) in [5, 5.41) is 3.47. The van der Waals surface area contributed by atoms with Gasteiger partial charge in [-0.25, -0.2) is 4.39 Å². The van der Waals surface area contributed by atoms with Gasteiger partial charge in [0.1, 0.15) is 5.82 Å². The third-order valence-electron chi connectivity index (χ3n) is 5.03. The predicted molar refractivity (Wildman–Crippen MR) is 71.9 cm³/mol. The molecule has 1 nitrogen and oxygen atoms in total. The SMILES string of the molecule is CNC(Cc1cccc(F)c1)C1CC2CCC1C2. The fourth-order valence-electron chi connectivity index (χ4n) is 4.17. The molecule has 0 heterocycles. The number of nitrogens with one attached hydrogen (secondary N) is 1.